The largest absolute Gasteiger partial charge is 0.504 e. The maximum Gasteiger partial charge on any atom is 0.407 e. The fourth-order valence-corrected chi connectivity index (χ4v) is 3.18. The van der Waals surface area contributed by atoms with Crippen molar-refractivity contribution in [3.05, 3.63) is 57.2 Å². The van der Waals surface area contributed by atoms with Crippen molar-refractivity contribution in [1.29, 1.82) is 0 Å². The minimum atomic E-state index is -0.859. The summed E-state index contributed by atoms with van der Waals surface area (Å²) in [6, 6.07) is 11.8. The van der Waals surface area contributed by atoms with Crippen LogP contribution in [-0.2, 0) is 16.0 Å². The van der Waals surface area contributed by atoms with Crippen LogP contribution < -0.4 is 15.5 Å². The number of carbonyl (C=O) groups is 2. The number of benzene rings is 2. The van der Waals surface area contributed by atoms with Crippen LogP contribution in [0.4, 0.5) is 4.79 Å². The first kappa shape index (κ1) is 23.5. The molecule has 9 heteroatoms. The van der Waals surface area contributed by atoms with Crippen molar-refractivity contribution in [2.45, 2.75) is 26.3 Å². The Balaban J connectivity index is 2.09. The number of aromatic hydroxyl groups is 1. The van der Waals surface area contributed by atoms with Gasteiger partial charge in [0.2, 0.25) is 0 Å². The van der Waals surface area contributed by atoms with Crippen molar-refractivity contribution in [2.24, 2.45) is 5.10 Å². The van der Waals surface area contributed by atoms with E-state index < -0.39 is 18.0 Å². The molecule has 0 saturated carbocycles. The van der Waals surface area contributed by atoms with E-state index in [0.717, 1.165) is 5.56 Å². The topological polar surface area (TPSA) is 109 Å². The Morgan fingerprint density at radius 2 is 1.93 bits per heavy atom. The van der Waals surface area contributed by atoms with E-state index in [2.05, 4.69) is 15.8 Å². The average Bonchev–Trinajstić information content (AvgIpc) is 2.72. The fraction of sp³-hybridized carbons (Fsp3) is 0.286. The number of halogens is 1. The summed E-state index contributed by atoms with van der Waals surface area (Å²) in [5.41, 5.74) is 3.96. The number of phenols is 1. The van der Waals surface area contributed by atoms with E-state index >= 15 is 0 Å². The second kappa shape index (κ2) is 12.0. The summed E-state index contributed by atoms with van der Waals surface area (Å²) in [4.78, 5) is 24.4. The molecule has 3 N–H and O–H groups in total. The van der Waals surface area contributed by atoms with Crippen LogP contribution in [0.5, 0.6) is 11.5 Å². The number of hydrogen-bond acceptors (Lipinski definition) is 6. The number of rotatable bonds is 9. The smallest absolute Gasteiger partial charge is 0.407 e. The molecule has 0 bridgehead atoms. The summed E-state index contributed by atoms with van der Waals surface area (Å²) in [5, 5.41) is 16.5. The number of carbonyl (C=O) groups excluding carboxylic acids is 2. The van der Waals surface area contributed by atoms with Crippen LogP contribution >= 0.6 is 22.6 Å². The normalized spacial score (nSPS) is 11.7. The Morgan fingerprint density at radius 3 is 2.60 bits per heavy atom. The standard InChI is InChI=1S/C21H24IN3O5/c1-3-29-18-12-15(10-16(22)19(18)26)13-23-25-20(27)17(24-21(28)30-4-2)11-14-8-6-5-7-9-14/h5-10,12-13,17,26H,3-4,11H2,1-2H3,(H,24,28)(H,25,27)/b23-13-/t17-/m1/s1. The maximum absolute atomic E-state index is 12.6. The van der Waals surface area contributed by atoms with Gasteiger partial charge in [-0.2, -0.15) is 5.10 Å². The summed E-state index contributed by atoms with van der Waals surface area (Å²) < 4.78 is 10.9. The van der Waals surface area contributed by atoms with Gasteiger partial charge in [-0.3, -0.25) is 4.79 Å². The molecule has 0 unspecified atom stereocenters. The lowest BCUT2D eigenvalue weighted by molar-refractivity contribution is -0.123. The Kier molecular flexibility index (Phi) is 9.39. The molecule has 8 nitrogen and oxygen atoms in total. The summed E-state index contributed by atoms with van der Waals surface area (Å²) in [6.45, 7) is 4.11. The molecule has 2 amide bonds. The molecule has 0 fully saturated rings. The van der Waals surface area contributed by atoms with Crippen LogP contribution in [0.3, 0.4) is 0 Å². The number of hydrogen-bond donors (Lipinski definition) is 3. The molecule has 160 valence electrons. The third kappa shape index (κ3) is 7.21. The monoisotopic (exact) mass is 525 g/mol. The van der Waals surface area contributed by atoms with Crippen molar-refractivity contribution in [2.75, 3.05) is 13.2 Å². The van der Waals surface area contributed by atoms with E-state index in [-0.39, 0.29) is 18.8 Å². The van der Waals surface area contributed by atoms with Gasteiger partial charge in [-0.25, -0.2) is 10.2 Å². The second-order valence-electron chi connectivity index (χ2n) is 6.12. The summed E-state index contributed by atoms with van der Waals surface area (Å²) >= 11 is 1.98. The van der Waals surface area contributed by atoms with Gasteiger partial charge in [0.25, 0.3) is 5.91 Å². The zero-order valence-corrected chi connectivity index (χ0v) is 18.9. The van der Waals surface area contributed by atoms with E-state index in [1.54, 1.807) is 19.1 Å². The van der Waals surface area contributed by atoms with E-state index in [1.807, 2.05) is 59.8 Å². The molecule has 1 atom stereocenters. The molecule has 0 aromatic heterocycles. The fourth-order valence-electron chi connectivity index (χ4n) is 2.56. The van der Waals surface area contributed by atoms with Crippen LogP contribution in [0.1, 0.15) is 25.0 Å². The molecule has 2 aromatic rings. The van der Waals surface area contributed by atoms with Gasteiger partial charge in [0.05, 0.1) is 23.0 Å². The number of nitrogens with one attached hydrogen (secondary N) is 2. The van der Waals surface area contributed by atoms with Crippen molar-refractivity contribution >= 4 is 40.8 Å². The van der Waals surface area contributed by atoms with Gasteiger partial charge in [-0.05, 0) is 59.7 Å². The van der Waals surface area contributed by atoms with Gasteiger partial charge in [-0.1, -0.05) is 30.3 Å². The maximum atomic E-state index is 12.6. The Hall–Kier alpha value is -2.82. The zero-order chi connectivity index (χ0) is 21.9. The highest BCUT2D eigenvalue weighted by molar-refractivity contribution is 14.1. The summed E-state index contributed by atoms with van der Waals surface area (Å²) in [6.07, 6.45) is 1.05. The molecular formula is C21H24IN3O5. The summed E-state index contributed by atoms with van der Waals surface area (Å²) in [5.74, 6) is -0.0926. The van der Waals surface area contributed by atoms with E-state index in [1.165, 1.54) is 6.21 Å². The predicted octanol–water partition coefficient (Wildman–Crippen LogP) is 3.20. The van der Waals surface area contributed by atoms with Crippen molar-refractivity contribution in [3.8, 4) is 11.5 Å². The molecule has 0 saturated heterocycles. The number of alkyl carbamates (subject to hydrolysis) is 1. The molecular weight excluding hydrogens is 501 g/mol. The third-order valence-electron chi connectivity index (χ3n) is 3.91. The van der Waals surface area contributed by atoms with Crippen LogP contribution in [0.25, 0.3) is 0 Å². The van der Waals surface area contributed by atoms with Gasteiger partial charge < -0.3 is 19.9 Å². The molecule has 0 radical (unpaired) electrons. The molecule has 0 spiro atoms. The zero-order valence-electron chi connectivity index (χ0n) is 16.7. The SMILES string of the molecule is CCOC(=O)N[C@H](Cc1ccccc1)C(=O)N/N=C\c1cc(I)c(O)c(OCC)c1. The third-order valence-corrected chi connectivity index (χ3v) is 4.73. The quantitative estimate of drug-likeness (QED) is 0.265. The predicted molar refractivity (Wildman–Crippen MR) is 122 cm³/mol. The average molecular weight is 525 g/mol. The van der Waals surface area contributed by atoms with Gasteiger partial charge in [0.15, 0.2) is 11.5 Å². The number of ether oxygens (including phenoxy) is 2. The van der Waals surface area contributed by atoms with Crippen LogP contribution in [0.2, 0.25) is 0 Å². The first-order chi connectivity index (χ1) is 14.4. The van der Waals surface area contributed by atoms with E-state index in [9.17, 15) is 14.7 Å². The van der Waals surface area contributed by atoms with Crippen LogP contribution in [0, 0.1) is 3.57 Å². The van der Waals surface area contributed by atoms with Gasteiger partial charge in [-0.15, -0.1) is 0 Å². The highest BCUT2D eigenvalue weighted by Gasteiger charge is 2.21. The molecule has 30 heavy (non-hydrogen) atoms. The number of hydrazone groups is 1. The minimum absolute atomic E-state index is 0.0557. The highest BCUT2D eigenvalue weighted by atomic mass is 127. The van der Waals surface area contributed by atoms with E-state index in [4.69, 9.17) is 9.47 Å². The lowest BCUT2D eigenvalue weighted by Crippen LogP contribution is -2.47. The van der Waals surface area contributed by atoms with Crippen molar-refractivity contribution < 1.29 is 24.2 Å². The Labute approximate surface area is 188 Å². The first-order valence-corrected chi connectivity index (χ1v) is 10.5. The molecule has 0 aliphatic rings. The number of nitrogens with zero attached hydrogens (tertiary/aromatic N) is 1. The van der Waals surface area contributed by atoms with Gasteiger partial charge in [0, 0.05) is 6.42 Å². The molecule has 2 rings (SSSR count). The summed E-state index contributed by atoms with van der Waals surface area (Å²) in [7, 11) is 0. The minimum Gasteiger partial charge on any atom is -0.504 e. The number of phenolic OH excluding ortho intramolecular Hbond substituents is 1. The first-order valence-electron chi connectivity index (χ1n) is 9.40. The van der Waals surface area contributed by atoms with Crippen molar-refractivity contribution in [1.82, 2.24) is 10.7 Å². The van der Waals surface area contributed by atoms with Crippen molar-refractivity contribution in [3.63, 3.8) is 0 Å². The lowest BCUT2D eigenvalue weighted by Gasteiger charge is -2.16. The highest BCUT2D eigenvalue weighted by Crippen LogP contribution is 2.32. The Bertz CT molecular complexity index is 890. The Morgan fingerprint density at radius 1 is 1.20 bits per heavy atom. The van der Waals surface area contributed by atoms with Crippen LogP contribution in [-0.4, -0.2) is 42.6 Å². The molecule has 0 heterocycles. The number of amides is 2. The van der Waals surface area contributed by atoms with Gasteiger partial charge in [0.1, 0.15) is 6.04 Å². The van der Waals surface area contributed by atoms with E-state index in [0.29, 0.717) is 21.5 Å². The molecule has 2 aromatic carbocycles. The lowest BCUT2D eigenvalue weighted by atomic mass is 10.1. The van der Waals surface area contributed by atoms with Crippen LogP contribution in [0.15, 0.2) is 47.6 Å². The molecule has 0 aliphatic carbocycles. The second-order valence-corrected chi connectivity index (χ2v) is 7.29. The molecule has 0 aliphatic heterocycles. The van der Waals surface area contributed by atoms with Gasteiger partial charge >= 0.3 is 6.09 Å².